The van der Waals surface area contributed by atoms with Crippen molar-refractivity contribution in [3.05, 3.63) is 35.2 Å². The van der Waals surface area contributed by atoms with Gasteiger partial charge in [0.1, 0.15) is 5.82 Å². The maximum absolute atomic E-state index is 4.58. The number of hydrogen-bond donors (Lipinski definition) is 1. The van der Waals surface area contributed by atoms with Gasteiger partial charge < -0.3 is 9.88 Å². The van der Waals surface area contributed by atoms with Gasteiger partial charge in [-0.1, -0.05) is 0 Å². The van der Waals surface area contributed by atoms with Crippen LogP contribution in [-0.4, -0.2) is 25.9 Å². The third kappa shape index (κ3) is 2.93. The molecule has 0 spiro atoms. The van der Waals surface area contributed by atoms with Gasteiger partial charge in [-0.2, -0.15) is 5.10 Å². The lowest BCUT2D eigenvalue weighted by Gasteiger charge is -2.15. The molecule has 0 aliphatic heterocycles. The van der Waals surface area contributed by atoms with E-state index < -0.39 is 0 Å². The predicted molar refractivity (Wildman–Crippen MR) is 80.7 cm³/mol. The van der Waals surface area contributed by atoms with Crippen molar-refractivity contribution in [1.29, 1.82) is 0 Å². The van der Waals surface area contributed by atoms with Crippen LogP contribution in [0.2, 0.25) is 0 Å². The first-order valence-electron chi connectivity index (χ1n) is 7.28. The van der Waals surface area contributed by atoms with Gasteiger partial charge in [-0.05, 0) is 27.7 Å². The molecule has 2 heterocycles. The molecular weight excluding hydrogens is 250 g/mol. The van der Waals surface area contributed by atoms with Crippen molar-refractivity contribution in [2.45, 2.75) is 46.7 Å². The maximum atomic E-state index is 4.58. The number of hydrogen-bond acceptors (Lipinski definition) is 3. The molecule has 1 atom stereocenters. The lowest BCUT2D eigenvalue weighted by atomic mass is 10.1. The van der Waals surface area contributed by atoms with Crippen molar-refractivity contribution < 1.29 is 0 Å². The molecule has 0 aliphatic rings. The van der Waals surface area contributed by atoms with Crippen LogP contribution in [0.4, 0.5) is 0 Å². The van der Waals surface area contributed by atoms with Crippen LogP contribution in [0.5, 0.6) is 0 Å². The number of aromatic nitrogens is 4. The monoisotopic (exact) mass is 275 g/mol. The molecule has 0 saturated heterocycles. The third-order valence-electron chi connectivity index (χ3n) is 3.89. The van der Waals surface area contributed by atoms with E-state index in [-0.39, 0.29) is 0 Å². The van der Waals surface area contributed by atoms with Crippen molar-refractivity contribution in [2.75, 3.05) is 6.54 Å². The summed E-state index contributed by atoms with van der Waals surface area (Å²) >= 11 is 0. The first kappa shape index (κ1) is 14.8. The van der Waals surface area contributed by atoms with Gasteiger partial charge in [0.2, 0.25) is 0 Å². The van der Waals surface area contributed by atoms with Gasteiger partial charge in [0.15, 0.2) is 0 Å². The number of imidazole rings is 1. The van der Waals surface area contributed by atoms with Crippen LogP contribution in [-0.2, 0) is 20.0 Å². The highest BCUT2D eigenvalue weighted by Crippen LogP contribution is 2.21. The van der Waals surface area contributed by atoms with Gasteiger partial charge in [-0.25, -0.2) is 4.98 Å². The van der Waals surface area contributed by atoms with Gasteiger partial charge in [0, 0.05) is 56.3 Å². The Morgan fingerprint density at radius 2 is 2.10 bits per heavy atom. The second kappa shape index (κ2) is 6.22. The first-order chi connectivity index (χ1) is 9.54. The Labute approximate surface area is 121 Å². The van der Waals surface area contributed by atoms with Gasteiger partial charge in [-0.3, -0.25) is 4.68 Å². The van der Waals surface area contributed by atoms with E-state index in [1.54, 1.807) is 0 Å². The Morgan fingerprint density at radius 3 is 2.65 bits per heavy atom. The summed E-state index contributed by atoms with van der Waals surface area (Å²) in [6, 6.07) is 0.315. The van der Waals surface area contributed by atoms with Crippen LogP contribution in [0.1, 0.15) is 42.7 Å². The second-order valence-corrected chi connectivity index (χ2v) is 5.28. The summed E-state index contributed by atoms with van der Waals surface area (Å²) in [5.74, 6) is 1.11. The minimum Gasteiger partial charge on any atom is -0.338 e. The molecule has 110 valence electrons. The maximum Gasteiger partial charge on any atom is 0.109 e. The van der Waals surface area contributed by atoms with Crippen LogP contribution in [0.25, 0.3) is 0 Å². The molecule has 0 aromatic carbocycles. The SMILES string of the molecule is CCn1nc(C)c(C(C)NCCc2nccn2C)c1C. The van der Waals surface area contributed by atoms with Gasteiger partial charge >= 0.3 is 0 Å². The minimum atomic E-state index is 0.315. The zero-order valence-corrected chi connectivity index (χ0v) is 13.1. The molecule has 0 radical (unpaired) electrons. The fourth-order valence-electron chi connectivity index (χ4n) is 2.79. The molecule has 2 aromatic rings. The molecule has 0 bridgehead atoms. The molecule has 2 aromatic heterocycles. The summed E-state index contributed by atoms with van der Waals surface area (Å²) in [7, 11) is 2.03. The molecule has 0 amide bonds. The van der Waals surface area contributed by atoms with Crippen molar-refractivity contribution in [3.63, 3.8) is 0 Å². The van der Waals surface area contributed by atoms with E-state index in [9.17, 15) is 0 Å². The summed E-state index contributed by atoms with van der Waals surface area (Å²) in [5.41, 5.74) is 3.72. The van der Waals surface area contributed by atoms with E-state index in [2.05, 4.69) is 52.3 Å². The summed E-state index contributed by atoms with van der Waals surface area (Å²) in [4.78, 5) is 4.34. The van der Waals surface area contributed by atoms with Crippen molar-refractivity contribution in [2.24, 2.45) is 7.05 Å². The number of nitrogens with one attached hydrogen (secondary N) is 1. The molecule has 1 unspecified atom stereocenters. The second-order valence-electron chi connectivity index (χ2n) is 5.28. The Kier molecular flexibility index (Phi) is 4.60. The number of rotatable bonds is 6. The van der Waals surface area contributed by atoms with Crippen LogP contribution in [0.3, 0.4) is 0 Å². The number of aryl methyl sites for hydroxylation is 3. The summed E-state index contributed by atoms with van der Waals surface area (Å²) in [6.07, 6.45) is 4.77. The van der Waals surface area contributed by atoms with Crippen LogP contribution in [0, 0.1) is 13.8 Å². The lowest BCUT2D eigenvalue weighted by molar-refractivity contribution is 0.558. The minimum absolute atomic E-state index is 0.315. The van der Waals surface area contributed by atoms with Crippen LogP contribution in [0.15, 0.2) is 12.4 Å². The van der Waals surface area contributed by atoms with Gasteiger partial charge in [0.05, 0.1) is 5.69 Å². The van der Waals surface area contributed by atoms with Crippen molar-refractivity contribution in [1.82, 2.24) is 24.6 Å². The van der Waals surface area contributed by atoms with Gasteiger partial charge in [-0.15, -0.1) is 0 Å². The van der Waals surface area contributed by atoms with Crippen molar-refractivity contribution in [3.8, 4) is 0 Å². The lowest BCUT2D eigenvalue weighted by Crippen LogP contribution is -2.23. The van der Waals surface area contributed by atoms with E-state index >= 15 is 0 Å². The smallest absolute Gasteiger partial charge is 0.109 e. The average molecular weight is 275 g/mol. The van der Waals surface area contributed by atoms with E-state index in [1.165, 1.54) is 11.3 Å². The predicted octanol–water partition coefficient (Wildman–Crippen LogP) is 2.15. The molecule has 20 heavy (non-hydrogen) atoms. The highest BCUT2D eigenvalue weighted by molar-refractivity contribution is 5.27. The summed E-state index contributed by atoms with van der Waals surface area (Å²) in [5, 5.41) is 8.16. The van der Waals surface area contributed by atoms with E-state index in [0.717, 1.165) is 31.0 Å². The molecule has 0 fully saturated rings. The average Bonchev–Trinajstić information content (AvgIpc) is 2.93. The highest BCUT2D eigenvalue weighted by Gasteiger charge is 2.16. The van der Waals surface area contributed by atoms with Crippen LogP contribution < -0.4 is 5.32 Å². The Balaban J connectivity index is 1.97. The summed E-state index contributed by atoms with van der Waals surface area (Å²) in [6.45, 7) is 10.4. The summed E-state index contributed by atoms with van der Waals surface area (Å²) < 4.78 is 4.14. The zero-order valence-electron chi connectivity index (χ0n) is 13.1. The largest absolute Gasteiger partial charge is 0.338 e. The Bertz CT molecular complexity index is 567. The van der Waals surface area contributed by atoms with Crippen LogP contribution >= 0.6 is 0 Å². The molecule has 5 nitrogen and oxygen atoms in total. The molecule has 0 saturated carbocycles. The third-order valence-corrected chi connectivity index (χ3v) is 3.89. The fourth-order valence-corrected chi connectivity index (χ4v) is 2.79. The topological polar surface area (TPSA) is 47.7 Å². The molecule has 5 heteroatoms. The quantitative estimate of drug-likeness (QED) is 0.878. The first-order valence-corrected chi connectivity index (χ1v) is 7.28. The highest BCUT2D eigenvalue weighted by atomic mass is 15.3. The number of nitrogens with zero attached hydrogens (tertiary/aromatic N) is 4. The molecule has 1 N–H and O–H groups in total. The molecule has 0 aliphatic carbocycles. The standard InChI is InChI=1S/C15H25N5/c1-6-20-13(4)15(12(3)18-20)11(2)16-8-7-14-17-9-10-19(14)5/h9-11,16H,6-8H2,1-5H3. The zero-order chi connectivity index (χ0) is 14.7. The normalized spacial score (nSPS) is 12.8. The van der Waals surface area contributed by atoms with Crippen molar-refractivity contribution >= 4 is 0 Å². The Morgan fingerprint density at radius 1 is 1.35 bits per heavy atom. The van der Waals surface area contributed by atoms with E-state index in [0.29, 0.717) is 6.04 Å². The molecule has 2 rings (SSSR count). The fraction of sp³-hybridized carbons (Fsp3) is 0.600. The molecular formula is C15H25N5. The Hall–Kier alpha value is -1.62. The van der Waals surface area contributed by atoms with Gasteiger partial charge in [0.25, 0.3) is 0 Å². The van der Waals surface area contributed by atoms with E-state index in [4.69, 9.17) is 0 Å². The van der Waals surface area contributed by atoms with E-state index in [1.807, 2.05) is 19.4 Å².